The molecule has 1 fully saturated rings. The first-order valence-electron chi connectivity index (χ1n) is 8.19. The maximum Gasteiger partial charge on any atom is 0.231 e. The van der Waals surface area contributed by atoms with Crippen LogP contribution >= 0.6 is 0 Å². The second kappa shape index (κ2) is 7.43. The molecule has 1 unspecified atom stereocenters. The minimum absolute atomic E-state index is 0.427. The first-order valence-corrected chi connectivity index (χ1v) is 8.19. The molecule has 0 aromatic carbocycles. The van der Waals surface area contributed by atoms with E-state index in [1.807, 2.05) is 0 Å². The van der Waals surface area contributed by atoms with Gasteiger partial charge in [-0.1, -0.05) is 6.92 Å². The normalized spacial score (nSPS) is 15.6. The van der Waals surface area contributed by atoms with Gasteiger partial charge in [-0.15, -0.1) is 0 Å². The van der Waals surface area contributed by atoms with E-state index in [1.165, 1.54) is 12.8 Å². The first kappa shape index (κ1) is 15.8. The zero-order valence-corrected chi connectivity index (χ0v) is 13.7. The van der Waals surface area contributed by atoms with Crippen molar-refractivity contribution in [3.63, 3.8) is 0 Å². The maximum absolute atomic E-state index is 4.59. The highest BCUT2D eigenvalue weighted by molar-refractivity contribution is 5.44. The Kier molecular flexibility index (Phi) is 5.59. The Bertz CT molecular complexity index is 442. The van der Waals surface area contributed by atoms with Crippen molar-refractivity contribution >= 4 is 17.8 Å². The van der Waals surface area contributed by atoms with Gasteiger partial charge >= 0.3 is 0 Å². The number of anilines is 3. The van der Waals surface area contributed by atoms with Crippen molar-refractivity contribution in [2.75, 3.05) is 35.2 Å². The average molecular weight is 292 g/mol. The summed E-state index contributed by atoms with van der Waals surface area (Å²) < 4.78 is 0. The summed E-state index contributed by atoms with van der Waals surface area (Å²) in [5.74, 6) is 2.87. The Hall–Kier alpha value is -1.59. The van der Waals surface area contributed by atoms with Gasteiger partial charge in [-0.05, 0) is 46.0 Å². The van der Waals surface area contributed by atoms with E-state index in [1.54, 1.807) is 0 Å². The fourth-order valence-corrected chi connectivity index (χ4v) is 2.31. The number of rotatable bonds is 9. The molecule has 118 valence electrons. The van der Waals surface area contributed by atoms with E-state index in [0.717, 1.165) is 37.9 Å². The molecule has 0 spiro atoms. The van der Waals surface area contributed by atoms with E-state index in [0.29, 0.717) is 17.9 Å². The Balaban J connectivity index is 2.17. The summed E-state index contributed by atoms with van der Waals surface area (Å²) in [5.41, 5.74) is 0. The zero-order valence-electron chi connectivity index (χ0n) is 13.7. The van der Waals surface area contributed by atoms with Crippen LogP contribution in [0.1, 0.15) is 47.0 Å². The van der Waals surface area contributed by atoms with Gasteiger partial charge in [0.05, 0.1) is 0 Å². The molecule has 1 aliphatic carbocycles. The first-order chi connectivity index (χ1) is 10.2. The van der Waals surface area contributed by atoms with E-state index >= 15 is 0 Å². The molecule has 0 amide bonds. The summed E-state index contributed by atoms with van der Waals surface area (Å²) in [6.45, 7) is 11.2. The molecule has 0 saturated heterocycles. The third-order valence-corrected chi connectivity index (χ3v) is 3.89. The minimum Gasteiger partial charge on any atom is -0.354 e. The van der Waals surface area contributed by atoms with E-state index in [4.69, 9.17) is 0 Å². The topological polar surface area (TPSA) is 66.0 Å². The smallest absolute Gasteiger partial charge is 0.231 e. The molecule has 2 N–H and O–H groups in total. The van der Waals surface area contributed by atoms with Crippen molar-refractivity contribution in [3.8, 4) is 0 Å². The largest absolute Gasteiger partial charge is 0.354 e. The molecule has 1 saturated carbocycles. The lowest BCUT2D eigenvalue weighted by Crippen LogP contribution is -2.27. The van der Waals surface area contributed by atoms with Gasteiger partial charge < -0.3 is 15.5 Å². The van der Waals surface area contributed by atoms with Crippen LogP contribution in [0.15, 0.2) is 0 Å². The summed E-state index contributed by atoms with van der Waals surface area (Å²) in [7, 11) is 0. The SMILES string of the molecule is CCCNc1nc(NC(C)C2CC2)nc(N(CC)CC)n1. The number of aromatic nitrogens is 3. The number of nitrogens with one attached hydrogen (secondary N) is 2. The molecule has 21 heavy (non-hydrogen) atoms. The Morgan fingerprint density at radius 2 is 1.76 bits per heavy atom. The molecule has 1 aliphatic rings. The third kappa shape index (κ3) is 4.44. The van der Waals surface area contributed by atoms with E-state index in [-0.39, 0.29) is 0 Å². The van der Waals surface area contributed by atoms with E-state index < -0.39 is 0 Å². The quantitative estimate of drug-likeness (QED) is 0.729. The monoisotopic (exact) mass is 292 g/mol. The predicted octanol–water partition coefficient (Wildman–Crippen LogP) is 2.75. The molecule has 6 nitrogen and oxygen atoms in total. The van der Waals surface area contributed by atoms with Crippen LogP contribution in [0.25, 0.3) is 0 Å². The van der Waals surface area contributed by atoms with Crippen LogP contribution in [-0.2, 0) is 0 Å². The molecule has 6 heteroatoms. The zero-order chi connectivity index (χ0) is 15.2. The van der Waals surface area contributed by atoms with Crippen LogP contribution in [0.5, 0.6) is 0 Å². The highest BCUT2D eigenvalue weighted by Gasteiger charge is 2.28. The molecular formula is C15H28N6. The van der Waals surface area contributed by atoms with Crippen molar-refractivity contribution in [1.29, 1.82) is 0 Å². The van der Waals surface area contributed by atoms with Gasteiger partial charge in [-0.2, -0.15) is 15.0 Å². The van der Waals surface area contributed by atoms with Crippen LogP contribution in [0.3, 0.4) is 0 Å². The van der Waals surface area contributed by atoms with Crippen LogP contribution in [-0.4, -0.2) is 40.6 Å². The molecule has 1 heterocycles. The van der Waals surface area contributed by atoms with Gasteiger partial charge in [0.1, 0.15) is 0 Å². The third-order valence-electron chi connectivity index (χ3n) is 3.89. The summed E-state index contributed by atoms with van der Waals surface area (Å²) in [6.07, 6.45) is 3.67. The fourth-order valence-electron chi connectivity index (χ4n) is 2.31. The number of hydrogen-bond acceptors (Lipinski definition) is 6. The number of nitrogens with zero attached hydrogens (tertiary/aromatic N) is 4. The average Bonchev–Trinajstić information content (AvgIpc) is 3.31. The maximum atomic E-state index is 4.59. The number of hydrogen-bond donors (Lipinski definition) is 2. The molecule has 1 aromatic rings. The van der Waals surface area contributed by atoms with Crippen molar-refractivity contribution in [1.82, 2.24) is 15.0 Å². The van der Waals surface area contributed by atoms with Crippen molar-refractivity contribution < 1.29 is 0 Å². The molecule has 2 rings (SSSR count). The lowest BCUT2D eigenvalue weighted by Gasteiger charge is -2.21. The molecule has 1 aromatic heterocycles. The van der Waals surface area contributed by atoms with E-state index in [9.17, 15) is 0 Å². The molecule has 0 radical (unpaired) electrons. The van der Waals surface area contributed by atoms with Crippen LogP contribution < -0.4 is 15.5 Å². The second-order valence-corrected chi connectivity index (χ2v) is 5.65. The molecule has 0 aliphatic heterocycles. The highest BCUT2D eigenvalue weighted by atomic mass is 15.3. The van der Waals surface area contributed by atoms with Crippen molar-refractivity contribution in [2.24, 2.45) is 5.92 Å². The Labute approximate surface area is 127 Å². The minimum atomic E-state index is 0.427. The summed E-state index contributed by atoms with van der Waals surface area (Å²) in [4.78, 5) is 15.8. The van der Waals surface area contributed by atoms with Gasteiger partial charge in [0.25, 0.3) is 0 Å². The standard InChI is InChI=1S/C15H28N6/c1-5-10-16-13-18-14(17-11(4)12-8-9-12)20-15(19-13)21(6-2)7-3/h11-12H,5-10H2,1-4H3,(H2,16,17,18,19,20). The Morgan fingerprint density at radius 3 is 2.33 bits per heavy atom. The highest BCUT2D eigenvalue weighted by Crippen LogP contribution is 2.33. The van der Waals surface area contributed by atoms with Crippen molar-refractivity contribution in [3.05, 3.63) is 0 Å². The van der Waals surface area contributed by atoms with Gasteiger partial charge in [-0.3, -0.25) is 0 Å². The lowest BCUT2D eigenvalue weighted by atomic mass is 10.2. The molecule has 1 atom stereocenters. The van der Waals surface area contributed by atoms with Gasteiger partial charge in [-0.25, -0.2) is 0 Å². The lowest BCUT2D eigenvalue weighted by molar-refractivity contribution is 0.683. The van der Waals surface area contributed by atoms with E-state index in [2.05, 4.69) is 58.2 Å². The molecular weight excluding hydrogens is 264 g/mol. The van der Waals surface area contributed by atoms with Gasteiger partial charge in [0, 0.05) is 25.7 Å². The fraction of sp³-hybridized carbons (Fsp3) is 0.800. The van der Waals surface area contributed by atoms with Gasteiger partial charge in [0.15, 0.2) is 0 Å². The summed E-state index contributed by atoms with van der Waals surface area (Å²) in [5, 5.41) is 6.70. The van der Waals surface area contributed by atoms with Crippen LogP contribution in [0, 0.1) is 5.92 Å². The predicted molar refractivity (Wildman–Crippen MR) is 88.0 cm³/mol. The molecule has 0 bridgehead atoms. The van der Waals surface area contributed by atoms with Crippen LogP contribution in [0.2, 0.25) is 0 Å². The Morgan fingerprint density at radius 1 is 1.10 bits per heavy atom. The summed E-state index contributed by atoms with van der Waals surface area (Å²) in [6, 6.07) is 0.427. The second-order valence-electron chi connectivity index (χ2n) is 5.65. The van der Waals surface area contributed by atoms with Gasteiger partial charge in [0.2, 0.25) is 17.8 Å². The van der Waals surface area contributed by atoms with Crippen molar-refractivity contribution in [2.45, 2.75) is 53.0 Å². The summed E-state index contributed by atoms with van der Waals surface area (Å²) >= 11 is 0. The van der Waals surface area contributed by atoms with Crippen LogP contribution in [0.4, 0.5) is 17.8 Å².